The van der Waals surface area contributed by atoms with Crippen LogP contribution in [0.4, 0.5) is 10.1 Å². The van der Waals surface area contributed by atoms with Crippen molar-refractivity contribution in [1.29, 1.82) is 0 Å². The van der Waals surface area contributed by atoms with E-state index in [1.807, 2.05) is 12.1 Å². The third kappa shape index (κ3) is 3.93. The highest BCUT2D eigenvalue weighted by Gasteiger charge is 2.26. The van der Waals surface area contributed by atoms with Crippen molar-refractivity contribution in [2.45, 2.75) is 19.9 Å². The van der Waals surface area contributed by atoms with Crippen LogP contribution in [0.15, 0.2) is 36.4 Å². The maximum atomic E-state index is 14.1. The summed E-state index contributed by atoms with van der Waals surface area (Å²) in [5.74, 6) is 0.100. The monoisotopic (exact) mass is 386 g/mol. The Morgan fingerprint density at radius 2 is 1.75 bits per heavy atom. The average molecular weight is 386 g/mol. The van der Waals surface area contributed by atoms with Gasteiger partial charge in [-0.25, -0.2) is 4.39 Å². The van der Waals surface area contributed by atoms with Crippen LogP contribution < -0.4 is 14.4 Å². The van der Waals surface area contributed by atoms with Crippen LogP contribution in [-0.4, -0.2) is 44.0 Å². The summed E-state index contributed by atoms with van der Waals surface area (Å²) in [7, 11) is 3.15. The van der Waals surface area contributed by atoms with Crippen molar-refractivity contribution in [2.75, 3.05) is 32.2 Å². The molecule has 0 aliphatic carbocycles. The van der Waals surface area contributed by atoms with Crippen molar-refractivity contribution in [3.05, 3.63) is 53.3 Å². The Labute approximate surface area is 163 Å². The number of nitrogens with zero attached hydrogens (tertiary/aromatic N) is 2. The third-order valence-corrected chi connectivity index (χ3v) is 4.89. The van der Waals surface area contributed by atoms with Gasteiger partial charge in [-0.2, -0.15) is 0 Å². The molecule has 1 aliphatic heterocycles. The van der Waals surface area contributed by atoms with Crippen LogP contribution in [0.3, 0.4) is 0 Å². The summed E-state index contributed by atoms with van der Waals surface area (Å²) in [4.78, 5) is 27.7. The van der Waals surface area contributed by atoms with E-state index >= 15 is 0 Å². The number of methoxy groups -OCH3 is 2. The van der Waals surface area contributed by atoms with E-state index in [2.05, 4.69) is 0 Å². The van der Waals surface area contributed by atoms with Gasteiger partial charge in [0, 0.05) is 20.0 Å². The molecule has 1 aliphatic rings. The van der Waals surface area contributed by atoms with Gasteiger partial charge in [0.15, 0.2) is 11.5 Å². The normalized spacial score (nSPS) is 12.9. The van der Waals surface area contributed by atoms with E-state index in [-0.39, 0.29) is 24.0 Å². The van der Waals surface area contributed by atoms with Crippen molar-refractivity contribution in [3.63, 3.8) is 0 Å². The number of carbonyl (C=O) groups excluding carboxylic acids is 2. The maximum absolute atomic E-state index is 14.1. The molecular weight excluding hydrogens is 363 g/mol. The molecule has 0 radical (unpaired) electrons. The summed E-state index contributed by atoms with van der Waals surface area (Å²) < 4.78 is 24.8. The summed E-state index contributed by atoms with van der Waals surface area (Å²) >= 11 is 0. The molecule has 0 saturated heterocycles. The lowest BCUT2D eigenvalue weighted by atomic mass is 9.98. The highest BCUT2D eigenvalue weighted by atomic mass is 19.1. The van der Waals surface area contributed by atoms with Gasteiger partial charge in [0.25, 0.3) is 0 Å². The molecule has 0 fully saturated rings. The van der Waals surface area contributed by atoms with Gasteiger partial charge in [-0.1, -0.05) is 12.1 Å². The first-order chi connectivity index (χ1) is 13.4. The van der Waals surface area contributed by atoms with Crippen molar-refractivity contribution in [2.24, 2.45) is 0 Å². The maximum Gasteiger partial charge on any atom is 0.242 e. The molecule has 148 valence electrons. The predicted molar refractivity (Wildman–Crippen MR) is 103 cm³/mol. The summed E-state index contributed by atoms with van der Waals surface area (Å²) in [6, 6.07) is 9.74. The Hall–Kier alpha value is -3.09. The van der Waals surface area contributed by atoms with E-state index < -0.39 is 5.82 Å². The van der Waals surface area contributed by atoms with E-state index in [4.69, 9.17) is 9.47 Å². The van der Waals surface area contributed by atoms with Crippen LogP contribution in [0, 0.1) is 5.82 Å². The molecule has 0 N–H and O–H groups in total. The van der Waals surface area contributed by atoms with E-state index in [9.17, 15) is 14.0 Å². The number of anilines is 1. The number of para-hydroxylation sites is 1. The fraction of sp³-hybridized carbons (Fsp3) is 0.333. The number of halogens is 1. The van der Waals surface area contributed by atoms with Crippen molar-refractivity contribution in [1.82, 2.24) is 4.90 Å². The van der Waals surface area contributed by atoms with Crippen LogP contribution in [0.25, 0.3) is 0 Å². The molecule has 0 unspecified atom stereocenters. The molecule has 1 heterocycles. The highest BCUT2D eigenvalue weighted by Crippen LogP contribution is 2.33. The molecule has 2 aromatic rings. The van der Waals surface area contributed by atoms with Crippen molar-refractivity contribution < 1.29 is 23.5 Å². The molecule has 0 saturated carbocycles. The van der Waals surface area contributed by atoms with E-state index in [1.165, 1.54) is 24.0 Å². The molecule has 2 aromatic carbocycles. The van der Waals surface area contributed by atoms with Crippen LogP contribution in [0.1, 0.15) is 18.1 Å². The second-order valence-electron chi connectivity index (χ2n) is 6.60. The zero-order chi connectivity index (χ0) is 20.3. The number of carbonyl (C=O) groups is 2. The lowest BCUT2D eigenvalue weighted by Crippen LogP contribution is -2.44. The van der Waals surface area contributed by atoms with Gasteiger partial charge in [0.1, 0.15) is 12.4 Å². The second-order valence-corrected chi connectivity index (χ2v) is 6.60. The zero-order valence-corrected chi connectivity index (χ0v) is 16.2. The molecular formula is C21H23FN2O4. The Morgan fingerprint density at radius 3 is 2.36 bits per heavy atom. The molecule has 7 heteroatoms. The largest absolute Gasteiger partial charge is 0.493 e. The molecule has 3 rings (SSSR count). The number of fused-ring (bicyclic) bond motifs is 1. The van der Waals surface area contributed by atoms with Gasteiger partial charge >= 0.3 is 0 Å². The Balaban J connectivity index is 1.78. The quantitative estimate of drug-likeness (QED) is 0.793. The minimum atomic E-state index is -0.536. The van der Waals surface area contributed by atoms with Crippen molar-refractivity contribution in [3.8, 4) is 11.5 Å². The van der Waals surface area contributed by atoms with Gasteiger partial charge in [-0.3, -0.25) is 9.59 Å². The Kier molecular flexibility index (Phi) is 5.82. The zero-order valence-electron chi connectivity index (χ0n) is 16.2. The van der Waals surface area contributed by atoms with Crippen LogP contribution in [0.2, 0.25) is 0 Å². The summed E-state index contributed by atoms with van der Waals surface area (Å²) in [5, 5.41) is 0. The van der Waals surface area contributed by atoms with Crippen LogP contribution in [0.5, 0.6) is 11.5 Å². The molecule has 0 atom stereocenters. The Morgan fingerprint density at radius 1 is 1.11 bits per heavy atom. The number of amides is 2. The van der Waals surface area contributed by atoms with Crippen LogP contribution in [-0.2, 0) is 22.6 Å². The van der Waals surface area contributed by atoms with Gasteiger partial charge in [-0.05, 0) is 41.8 Å². The molecule has 2 amide bonds. The molecule has 0 spiro atoms. The SMILES string of the molecule is COc1cc2c(cc1OC)CN(C(=O)CN(C(C)=O)c1ccccc1F)CC2. The molecule has 0 aromatic heterocycles. The lowest BCUT2D eigenvalue weighted by Gasteiger charge is -2.31. The van der Waals surface area contributed by atoms with E-state index in [0.29, 0.717) is 31.0 Å². The number of rotatable bonds is 5. The van der Waals surface area contributed by atoms with E-state index in [1.54, 1.807) is 31.3 Å². The van der Waals surface area contributed by atoms with Gasteiger partial charge in [0.05, 0.1) is 19.9 Å². The van der Waals surface area contributed by atoms with Gasteiger partial charge in [-0.15, -0.1) is 0 Å². The number of ether oxygens (including phenoxy) is 2. The van der Waals surface area contributed by atoms with Gasteiger partial charge < -0.3 is 19.3 Å². The van der Waals surface area contributed by atoms with Gasteiger partial charge in [0.2, 0.25) is 11.8 Å². The first-order valence-corrected chi connectivity index (χ1v) is 8.98. The fourth-order valence-corrected chi connectivity index (χ4v) is 3.37. The topological polar surface area (TPSA) is 59.1 Å². The minimum Gasteiger partial charge on any atom is -0.493 e. The molecule has 28 heavy (non-hydrogen) atoms. The standard InChI is InChI=1S/C21H23FN2O4/c1-14(25)24(18-7-5-4-6-17(18)22)13-21(26)23-9-8-15-10-19(27-2)20(28-3)11-16(15)12-23/h4-7,10-11H,8-9,12-13H2,1-3H3. The fourth-order valence-electron chi connectivity index (χ4n) is 3.37. The third-order valence-electron chi connectivity index (χ3n) is 4.89. The smallest absolute Gasteiger partial charge is 0.242 e. The first kappa shape index (κ1) is 19.7. The number of benzene rings is 2. The van der Waals surface area contributed by atoms with Crippen LogP contribution >= 0.6 is 0 Å². The first-order valence-electron chi connectivity index (χ1n) is 8.98. The second kappa shape index (κ2) is 8.29. The summed E-state index contributed by atoms with van der Waals surface area (Å²) in [5.41, 5.74) is 2.17. The summed E-state index contributed by atoms with van der Waals surface area (Å²) in [6.07, 6.45) is 0.668. The molecule has 0 bridgehead atoms. The number of hydrogen-bond donors (Lipinski definition) is 0. The van der Waals surface area contributed by atoms with Crippen molar-refractivity contribution >= 4 is 17.5 Å². The lowest BCUT2D eigenvalue weighted by molar-refractivity contribution is -0.132. The summed E-state index contributed by atoms with van der Waals surface area (Å²) in [6.45, 7) is 2.03. The minimum absolute atomic E-state index is 0.104. The Bertz CT molecular complexity index is 900. The molecule has 6 nitrogen and oxygen atoms in total. The van der Waals surface area contributed by atoms with E-state index in [0.717, 1.165) is 11.1 Å². The average Bonchev–Trinajstić information content (AvgIpc) is 2.70. The highest BCUT2D eigenvalue weighted by molar-refractivity contribution is 5.97. The predicted octanol–water partition coefficient (Wildman–Crippen LogP) is 2.78. The number of hydrogen-bond acceptors (Lipinski definition) is 4.